The molecule has 0 saturated carbocycles. The molecule has 2 N–H and O–H groups in total. The zero-order valence-corrected chi connectivity index (χ0v) is 15.5. The third-order valence-corrected chi connectivity index (χ3v) is 3.56. The van der Waals surface area contributed by atoms with E-state index in [9.17, 15) is 14.4 Å². The molecule has 1 rings (SSSR count). The zero-order valence-electron chi connectivity index (χ0n) is 15.5. The molecule has 1 aromatic carbocycles. The van der Waals surface area contributed by atoms with Crippen molar-refractivity contribution < 1.29 is 14.4 Å². The molecule has 0 heterocycles. The lowest BCUT2D eigenvalue weighted by Crippen LogP contribution is -2.38. The van der Waals surface area contributed by atoms with Gasteiger partial charge in [0.1, 0.15) is 0 Å². The van der Waals surface area contributed by atoms with Crippen LogP contribution in [0, 0.1) is 0 Å². The highest BCUT2D eigenvalue weighted by Crippen LogP contribution is 2.12. The minimum atomic E-state index is -0.465. The van der Waals surface area contributed by atoms with Gasteiger partial charge in [0.25, 0.3) is 5.91 Å². The van der Waals surface area contributed by atoms with E-state index >= 15 is 0 Å². The van der Waals surface area contributed by atoms with E-state index in [0.717, 1.165) is 25.9 Å². The number of hydrogen-bond acceptors (Lipinski definition) is 3. The molecule has 0 aliphatic heterocycles. The standard InChI is InChI=1S/C18H28N4O3/c1-5-11-22(12-6-2)17(24)14-7-9-15(10-8-14)20-18(25)19-13-16(23)21(3)4/h7-10H,5-6,11-13H2,1-4H3,(H2,19,20,25). The van der Waals surface area contributed by atoms with Crippen LogP contribution in [0.4, 0.5) is 10.5 Å². The molecule has 0 atom stereocenters. The van der Waals surface area contributed by atoms with Crippen molar-refractivity contribution in [1.29, 1.82) is 0 Å². The summed E-state index contributed by atoms with van der Waals surface area (Å²) in [7, 11) is 3.25. The first-order chi connectivity index (χ1) is 11.9. The number of anilines is 1. The predicted molar refractivity (Wildman–Crippen MR) is 98.6 cm³/mol. The second-order valence-electron chi connectivity index (χ2n) is 5.97. The highest BCUT2D eigenvalue weighted by molar-refractivity contribution is 5.96. The Labute approximate surface area is 149 Å². The first-order valence-electron chi connectivity index (χ1n) is 8.53. The summed E-state index contributed by atoms with van der Waals surface area (Å²) in [5.41, 5.74) is 1.15. The number of benzene rings is 1. The molecule has 0 radical (unpaired) electrons. The van der Waals surface area contributed by atoms with E-state index in [2.05, 4.69) is 10.6 Å². The van der Waals surface area contributed by atoms with Gasteiger partial charge in [-0.3, -0.25) is 9.59 Å². The minimum absolute atomic E-state index is 0.00344. The summed E-state index contributed by atoms with van der Waals surface area (Å²) in [4.78, 5) is 38.9. The zero-order chi connectivity index (χ0) is 18.8. The van der Waals surface area contributed by atoms with Gasteiger partial charge in [-0.2, -0.15) is 0 Å². The Bertz CT molecular complexity index is 578. The van der Waals surface area contributed by atoms with E-state index < -0.39 is 6.03 Å². The summed E-state index contributed by atoms with van der Waals surface area (Å²) >= 11 is 0. The van der Waals surface area contributed by atoms with E-state index in [0.29, 0.717) is 11.3 Å². The second kappa shape index (κ2) is 10.3. The number of hydrogen-bond donors (Lipinski definition) is 2. The van der Waals surface area contributed by atoms with Crippen molar-refractivity contribution in [3.63, 3.8) is 0 Å². The number of rotatable bonds is 8. The summed E-state index contributed by atoms with van der Waals surface area (Å²) < 4.78 is 0. The molecule has 4 amide bonds. The molecule has 0 bridgehead atoms. The topological polar surface area (TPSA) is 81.8 Å². The van der Waals surface area contributed by atoms with Gasteiger partial charge in [0, 0.05) is 38.4 Å². The van der Waals surface area contributed by atoms with Gasteiger partial charge in [-0.15, -0.1) is 0 Å². The molecule has 0 aromatic heterocycles. The maximum atomic E-state index is 12.5. The van der Waals surface area contributed by atoms with Crippen LogP contribution < -0.4 is 10.6 Å². The van der Waals surface area contributed by atoms with Crippen molar-refractivity contribution >= 4 is 23.5 Å². The van der Waals surface area contributed by atoms with Crippen molar-refractivity contribution in [1.82, 2.24) is 15.1 Å². The minimum Gasteiger partial charge on any atom is -0.347 e. The van der Waals surface area contributed by atoms with Crippen LogP contribution in [0.15, 0.2) is 24.3 Å². The molecule has 1 aromatic rings. The lowest BCUT2D eigenvalue weighted by atomic mass is 10.1. The highest BCUT2D eigenvalue weighted by Gasteiger charge is 2.14. The Kier molecular flexibility index (Phi) is 8.46. The van der Waals surface area contributed by atoms with Crippen LogP contribution in [-0.2, 0) is 4.79 Å². The van der Waals surface area contributed by atoms with E-state index in [1.54, 1.807) is 38.4 Å². The van der Waals surface area contributed by atoms with Crippen LogP contribution in [0.1, 0.15) is 37.0 Å². The number of amides is 4. The largest absolute Gasteiger partial charge is 0.347 e. The van der Waals surface area contributed by atoms with E-state index in [4.69, 9.17) is 0 Å². The lowest BCUT2D eigenvalue weighted by molar-refractivity contribution is -0.127. The van der Waals surface area contributed by atoms with Gasteiger partial charge < -0.3 is 20.4 Å². The van der Waals surface area contributed by atoms with Crippen molar-refractivity contribution in [2.45, 2.75) is 26.7 Å². The molecule has 0 unspecified atom stereocenters. The van der Waals surface area contributed by atoms with Crippen LogP contribution in [0.25, 0.3) is 0 Å². The van der Waals surface area contributed by atoms with Crippen molar-refractivity contribution in [2.24, 2.45) is 0 Å². The van der Waals surface area contributed by atoms with Crippen molar-refractivity contribution in [3.05, 3.63) is 29.8 Å². The Morgan fingerprint density at radius 3 is 2.00 bits per heavy atom. The smallest absolute Gasteiger partial charge is 0.319 e. The van der Waals surface area contributed by atoms with Gasteiger partial charge in [0.15, 0.2) is 0 Å². The Morgan fingerprint density at radius 1 is 0.960 bits per heavy atom. The maximum absolute atomic E-state index is 12.5. The molecule has 0 aliphatic carbocycles. The number of urea groups is 1. The normalized spacial score (nSPS) is 10.1. The summed E-state index contributed by atoms with van der Waals surface area (Å²) in [5.74, 6) is -0.195. The van der Waals surface area contributed by atoms with Crippen LogP contribution in [0.5, 0.6) is 0 Å². The molecular weight excluding hydrogens is 320 g/mol. The quantitative estimate of drug-likeness (QED) is 0.755. The lowest BCUT2D eigenvalue weighted by Gasteiger charge is -2.21. The van der Waals surface area contributed by atoms with Gasteiger partial charge in [-0.1, -0.05) is 13.8 Å². The third kappa shape index (κ3) is 6.82. The van der Waals surface area contributed by atoms with Crippen LogP contribution in [0.3, 0.4) is 0 Å². The molecule has 0 saturated heterocycles. The Balaban J connectivity index is 2.62. The average molecular weight is 348 g/mol. The Morgan fingerprint density at radius 2 is 1.52 bits per heavy atom. The van der Waals surface area contributed by atoms with Gasteiger partial charge in [0.2, 0.25) is 5.91 Å². The van der Waals surface area contributed by atoms with Gasteiger partial charge in [0.05, 0.1) is 6.54 Å². The third-order valence-electron chi connectivity index (χ3n) is 3.56. The van der Waals surface area contributed by atoms with Crippen molar-refractivity contribution in [3.8, 4) is 0 Å². The molecular formula is C18H28N4O3. The number of carbonyl (C=O) groups is 3. The van der Waals surface area contributed by atoms with Crippen LogP contribution >= 0.6 is 0 Å². The van der Waals surface area contributed by atoms with E-state index in [-0.39, 0.29) is 18.4 Å². The number of carbonyl (C=O) groups excluding carboxylic acids is 3. The second-order valence-corrected chi connectivity index (χ2v) is 5.97. The van der Waals surface area contributed by atoms with Crippen molar-refractivity contribution in [2.75, 3.05) is 39.0 Å². The molecule has 7 heteroatoms. The van der Waals surface area contributed by atoms with Gasteiger partial charge in [-0.25, -0.2) is 4.79 Å². The summed E-state index contributed by atoms with van der Waals surface area (Å²) in [6, 6.07) is 6.28. The number of nitrogens with zero attached hydrogens (tertiary/aromatic N) is 2. The first kappa shape index (κ1) is 20.5. The molecule has 7 nitrogen and oxygen atoms in total. The van der Waals surface area contributed by atoms with Gasteiger partial charge in [-0.05, 0) is 37.1 Å². The Hall–Kier alpha value is -2.57. The molecule has 0 spiro atoms. The summed E-state index contributed by atoms with van der Waals surface area (Å²) in [6.07, 6.45) is 1.83. The van der Waals surface area contributed by atoms with Crippen LogP contribution in [0.2, 0.25) is 0 Å². The molecule has 138 valence electrons. The molecule has 0 aliphatic rings. The fraction of sp³-hybridized carbons (Fsp3) is 0.500. The summed E-state index contributed by atoms with van der Waals surface area (Å²) in [5, 5.41) is 5.12. The maximum Gasteiger partial charge on any atom is 0.319 e. The van der Waals surface area contributed by atoms with Gasteiger partial charge >= 0.3 is 6.03 Å². The molecule has 25 heavy (non-hydrogen) atoms. The van der Waals surface area contributed by atoms with Crippen LogP contribution in [-0.4, -0.2) is 61.4 Å². The summed E-state index contributed by atoms with van der Waals surface area (Å²) in [6.45, 7) is 5.48. The highest BCUT2D eigenvalue weighted by atomic mass is 16.2. The van der Waals surface area contributed by atoms with E-state index in [1.807, 2.05) is 18.7 Å². The van der Waals surface area contributed by atoms with E-state index in [1.165, 1.54) is 4.90 Å². The number of nitrogens with one attached hydrogen (secondary N) is 2. The fourth-order valence-electron chi connectivity index (χ4n) is 2.22. The predicted octanol–water partition coefficient (Wildman–Crippen LogP) is 2.16. The first-order valence-corrected chi connectivity index (χ1v) is 8.53. The number of likely N-dealkylation sites (N-methyl/N-ethyl adjacent to an activating group) is 1. The SMILES string of the molecule is CCCN(CCC)C(=O)c1ccc(NC(=O)NCC(=O)N(C)C)cc1. The fourth-order valence-corrected chi connectivity index (χ4v) is 2.22. The monoisotopic (exact) mass is 348 g/mol. The average Bonchev–Trinajstić information content (AvgIpc) is 2.59. The molecule has 0 fully saturated rings.